The molecule has 2 aliphatic heterocycles. The summed E-state index contributed by atoms with van der Waals surface area (Å²) in [6.07, 6.45) is 6.92. The molecule has 3 amide bonds. The van der Waals surface area contributed by atoms with E-state index in [0.29, 0.717) is 0 Å². The van der Waals surface area contributed by atoms with Crippen molar-refractivity contribution < 1.29 is 9.59 Å². The summed E-state index contributed by atoms with van der Waals surface area (Å²) in [6, 6.07) is -0.287. The molecule has 7 heteroatoms. The average molecular weight is 319 g/mol. The number of urea groups is 1. The highest BCUT2D eigenvalue weighted by Gasteiger charge is 2.51. The number of aromatic nitrogens is 2. The first kappa shape index (κ1) is 16.0. The highest BCUT2D eigenvalue weighted by molar-refractivity contribution is 6.06. The molecule has 7 nitrogen and oxygen atoms in total. The van der Waals surface area contributed by atoms with E-state index in [0.717, 1.165) is 38.9 Å². The van der Waals surface area contributed by atoms with Gasteiger partial charge >= 0.3 is 6.03 Å². The Balaban J connectivity index is 1.62. The molecule has 0 spiro atoms. The van der Waals surface area contributed by atoms with Crippen molar-refractivity contribution in [3.05, 3.63) is 18.0 Å². The molecular weight excluding hydrogens is 294 g/mol. The third-order valence-corrected chi connectivity index (χ3v) is 5.22. The maximum Gasteiger partial charge on any atom is 0.324 e. The number of imide groups is 1. The zero-order valence-electron chi connectivity index (χ0n) is 14.1. The van der Waals surface area contributed by atoms with E-state index in [1.54, 1.807) is 7.05 Å². The predicted molar refractivity (Wildman–Crippen MR) is 85.8 cm³/mol. The largest absolute Gasteiger partial charge is 0.324 e. The van der Waals surface area contributed by atoms with Crippen LogP contribution in [-0.4, -0.2) is 63.7 Å². The van der Waals surface area contributed by atoms with Crippen molar-refractivity contribution in [2.75, 3.05) is 26.7 Å². The van der Waals surface area contributed by atoms with Crippen LogP contribution in [0, 0.1) is 5.92 Å². The minimum absolute atomic E-state index is 0.110. The number of nitrogens with one attached hydrogen (secondary N) is 1. The van der Waals surface area contributed by atoms with Crippen molar-refractivity contribution in [3.63, 3.8) is 0 Å². The Labute approximate surface area is 136 Å². The highest BCUT2D eigenvalue weighted by Crippen LogP contribution is 2.32. The number of nitrogens with zero attached hydrogens (tertiary/aromatic N) is 4. The number of hydrogen-bond acceptors (Lipinski definition) is 4. The monoisotopic (exact) mass is 319 g/mol. The first-order valence-electron chi connectivity index (χ1n) is 8.20. The van der Waals surface area contributed by atoms with E-state index in [-0.39, 0.29) is 17.9 Å². The van der Waals surface area contributed by atoms with E-state index >= 15 is 0 Å². The lowest BCUT2D eigenvalue weighted by Gasteiger charge is -2.39. The Kier molecular flexibility index (Phi) is 4.14. The number of carbonyl (C=O) groups is 2. The molecule has 1 N–H and O–H groups in total. The number of amides is 3. The Bertz CT molecular complexity index is 613. The molecule has 1 aromatic rings. The van der Waals surface area contributed by atoms with Gasteiger partial charge in [-0.15, -0.1) is 0 Å². The normalized spacial score (nSPS) is 29.2. The van der Waals surface area contributed by atoms with Crippen molar-refractivity contribution in [2.45, 2.75) is 31.7 Å². The van der Waals surface area contributed by atoms with Crippen LogP contribution >= 0.6 is 0 Å². The Morgan fingerprint density at radius 3 is 2.78 bits per heavy atom. The van der Waals surface area contributed by atoms with E-state index in [2.05, 4.69) is 15.3 Å². The molecule has 0 saturated carbocycles. The fraction of sp³-hybridized carbons (Fsp3) is 0.688. The van der Waals surface area contributed by atoms with Gasteiger partial charge in [0.15, 0.2) is 0 Å². The molecule has 3 heterocycles. The maximum atomic E-state index is 12.4. The molecule has 3 rings (SSSR count). The van der Waals surface area contributed by atoms with E-state index in [9.17, 15) is 9.59 Å². The molecule has 126 valence electrons. The van der Waals surface area contributed by atoms with E-state index in [1.165, 1.54) is 10.5 Å². The van der Waals surface area contributed by atoms with Crippen molar-refractivity contribution in [1.29, 1.82) is 0 Å². The summed E-state index contributed by atoms with van der Waals surface area (Å²) in [5.74, 6) is 0.0492. The van der Waals surface area contributed by atoms with Gasteiger partial charge in [0.05, 0.1) is 6.20 Å². The van der Waals surface area contributed by atoms with E-state index in [1.807, 2.05) is 31.0 Å². The number of hydrogen-bond donors (Lipinski definition) is 1. The number of rotatable bonds is 4. The van der Waals surface area contributed by atoms with Gasteiger partial charge in [-0.1, -0.05) is 0 Å². The lowest BCUT2D eigenvalue weighted by Crippen LogP contribution is -2.55. The van der Waals surface area contributed by atoms with Crippen LogP contribution < -0.4 is 5.32 Å². The molecular formula is C16H25N5O2. The zero-order chi connectivity index (χ0) is 16.6. The molecule has 0 bridgehead atoms. The third kappa shape index (κ3) is 2.97. The van der Waals surface area contributed by atoms with Crippen LogP contribution in [0.25, 0.3) is 0 Å². The average Bonchev–Trinajstić information content (AvgIpc) is 3.04. The summed E-state index contributed by atoms with van der Waals surface area (Å²) < 4.78 is 1.82. The van der Waals surface area contributed by atoms with Gasteiger partial charge in [0.25, 0.3) is 5.91 Å². The van der Waals surface area contributed by atoms with Gasteiger partial charge < -0.3 is 10.2 Å². The summed E-state index contributed by atoms with van der Waals surface area (Å²) in [5, 5.41) is 7.09. The highest BCUT2D eigenvalue weighted by atomic mass is 16.2. The molecule has 23 heavy (non-hydrogen) atoms. The minimum Gasteiger partial charge on any atom is -0.323 e. The molecule has 2 fully saturated rings. The Hall–Kier alpha value is -1.89. The van der Waals surface area contributed by atoms with Gasteiger partial charge in [-0.05, 0) is 38.3 Å². The van der Waals surface area contributed by atoms with Crippen molar-refractivity contribution >= 4 is 11.9 Å². The minimum atomic E-state index is -0.765. The smallest absolute Gasteiger partial charge is 0.323 e. The second-order valence-electron chi connectivity index (χ2n) is 6.91. The fourth-order valence-electron chi connectivity index (χ4n) is 3.69. The van der Waals surface area contributed by atoms with Crippen LogP contribution in [0.2, 0.25) is 0 Å². The summed E-state index contributed by atoms with van der Waals surface area (Å²) in [6.45, 7) is 4.71. The molecule has 2 aliphatic rings. The Morgan fingerprint density at radius 2 is 2.17 bits per heavy atom. The predicted octanol–water partition coefficient (Wildman–Crippen LogP) is 0.615. The van der Waals surface area contributed by atoms with Crippen LogP contribution in [0.1, 0.15) is 25.3 Å². The van der Waals surface area contributed by atoms with Gasteiger partial charge in [0.1, 0.15) is 5.54 Å². The molecule has 0 aromatic carbocycles. The van der Waals surface area contributed by atoms with Crippen molar-refractivity contribution in [3.8, 4) is 0 Å². The molecule has 2 saturated heterocycles. The van der Waals surface area contributed by atoms with Crippen LogP contribution in [-0.2, 0) is 18.3 Å². The van der Waals surface area contributed by atoms with Crippen LogP contribution in [0.3, 0.4) is 0 Å². The zero-order valence-corrected chi connectivity index (χ0v) is 14.1. The SMILES string of the molecule is CN1C(=O)N[C@](C)([C@H]2CCCN(CCc3cnn(C)c3)C2)C1=O. The van der Waals surface area contributed by atoms with E-state index < -0.39 is 5.54 Å². The van der Waals surface area contributed by atoms with Gasteiger partial charge in [-0.2, -0.15) is 5.10 Å². The summed E-state index contributed by atoms with van der Waals surface area (Å²) in [7, 11) is 3.47. The molecule has 0 aliphatic carbocycles. The first-order valence-corrected chi connectivity index (χ1v) is 8.20. The lowest BCUT2D eigenvalue weighted by atomic mass is 9.80. The summed E-state index contributed by atoms with van der Waals surface area (Å²) in [5.41, 5.74) is 0.463. The van der Waals surface area contributed by atoms with E-state index in [4.69, 9.17) is 0 Å². The van der Waals surface area contributed by atoms with Gasteiger partial charge in [-0.25, -0.2) is 4.79 Å². The quantitative estimate of drug-likeness (QED) is 0.826. The van der Waals surface area contributed by atoms with Crippen molar-refractivity contribution in [2.24, 2.45) is 13.0 Å². The van der Waals surface area contributed by atoms with Gasteiger partial charge in [0.2, 0.25) is 0 Å². The lowest BCUT2D eigenvalue weighted by molar-refractivity contribution is -0.132. The number of aryl methyl sites for hydroxylation is 1. The number of piperidine rings is 1. The second kappa shape index (κ2) is 5.96. The van der Waals surface area contributed by atoms with Crippen LogP contribution in [0.4, 0.5) is 4.79 Å². The second-order valence-corrected chi connectivity index (χ2v) is 6.91. The maximum absolute atomic E-state index is 12.4. The number of likely N-dealkylation sites (N-methyl/N-ethyl adjacent to an activating group) is 1. The Morgan fingerprint density at radius 1 is 1.39 bits per heavy atom. The number of likely N-dealkylation sites (tertiary alicyclic amines) is 1. The standard InChI is InChI=1S/C16H25N5O2/c1-16(14(22)20(3)15(23)18-16)13-5-4-7-21(11-13)8-6-12-9-17-19(2)10-12/h9-10,13H,4-8,11H2,1-3H3,(H,18,23)/t13-,16+/m0/s1. The molecule has 0 unspecified atom stereocenters. The van der Waals surface area contributed by atoms with Crippen LogP contribution in [0.5, 0.6) is 0 Å². The van der Waals surface area contributed by atoms with Crippen LogP contribution in [0.15, 0.2) is 12.4 Å². The fourth-order valence-corrected chi connectivity index (χ4v) is 3.69. The topological polar surface area (TPSA) is 70.5 Å². The van der Waals surface area contributed by atoms with Gasteiger partial charge in [-0.3, -0.25) is 14.4 Å². The third-order valence-electron chi connectivity index (χ3n) is 5.22. The summed E-state index contributed by atoms with van der Waals surface area (Å²) in [4.78, 5) is 27.8. The van der Waals surface area contributed by atoms with Crippen molar-refractivity contribution in [1.82, 2.24) is 24.9 Å². The number of carbonyl (C=O) groups excluding carboxylic acids is 2. The molecule has 0 radical (unpaired) electrons. The molecule has 2 atom stereocenters. The molecule has 1 aromatic heterocycles. The first-order chi connectivity index (χ1) is 10.9. The van der Waals surface area contributed by atoms with Gasteiger partial charge in [0, 0.05) is 39.3 Å². The summed E-state index contributed by atoms with van der Waals surface area (Å²) >= 11 is 0.